The zero-order chi connectivity index (χ0) is 23.2. The summed E-state index contributed by atoms with van der Waals surface area (Å²) in [5, 5.41) is 8.00. The van der Waals surface area contributed by atoms with Gasteiger partial charge in [0.05, 0.1) is 24.4 Å². The van der Waals surface area contributed by atoms with E-state index < -0.39 is 10.0 Å². The lowest BCUT2D eigenvalue weighted by Crippen LogP contribution is -2.56. The number of likely N-dealkylation sites (tertiary alicyclic amines) is 1. The molecule has 180 valence electrons. The molecule has 1 aliphatic carbocycles. The van der Waals surface area contributed by atoms with Crippen molar-refractivity contribution in [2.45, 2.75) is 62.9 Å². The summed E-state index contributed by atoms with van der Waals surface area (Å²) < 4.78 is 26.7. The van der Waals surface area contributed by atoms with E-state index in [0.29, 0.717) is 55.9 Å². The second kappa shape index (κ2) is 8.71. The number of sulfonamides is 1. The first-order valence-corrected chi connectivity index (χ1v) is 13.6. The van der Waals surface area contributed by atoms with E-state index in [0.717, 1.165) is 12.8 Å². The van der Waals surface area contributed by atoms with Crippen molar-refractivity contribution >= 4 is 27.1 Å². The van der Waals surface area contributed by atoms with Gasteiger partial charge in [0.2, 0.25) is 10.0 Å². The maximum Gasteiger partial charge on any atom is 0.317 e. The average Bonchev–Trinajstić information content (AvgIpc) is 3.18. The van der Waals surface area contributed by atoms with Gasteiger partial charge in [0.1, 0.15) is 11.2 Å². The molecule has 2 amide bonds. The SMILES string of the molecule is CS(=O)(=O)N1CCC(NC(=O)N2CC(c3nc4c(cnn4C4CCCCC4)c(=O)[nH]3)C2)CC1. The zero-order valence-corrected chi connectivity index (χ0v) is 19.7. The van der Waals surface area contributed by atoms with Gasteiger partial charge in [-0.05, 0) is 25.7 Å². The van der Waals surface area contributed by atoms with E-state index in [1.54, 1.807) is 11.1 Å². The largest absolute Gasteiger partial charge is 0.335 e. The number of hydrogen-bond donors (Lipinski definition) is 2. The standard InChI is InChI=1S/C21H31N7O4S/c1-33(31,32)27-9-7-15(8-10-27)23-21(30)26-12-14(13-26)18-24-19-17(20(29)25-18)11-22-28(19)16-5-3-2-4-6-16/h11,14-16H,2-10,12-13H2,1H3,(H,23,30)(H,24,25,29). The van der Waals surface area contributed by atoms with E-state index in [4.69, 9.17) is 4.98 Å². The molecule has 5 rings (SSSR count). The fourth-order valence-electron chi connectivity index (χ4n) is 5.15. The summed E-state index contributed by atoms with van der Waals surface area (Å²) in [6.07, 6.45) is 9.72. The average molecular weight is 478 g/mol. The Balaban J connectivity index is 1.21. The molecule has 2 aromatic heterocycles. The molecule has 2 aromatic rings. The molecule has 33 heavy (non-hydrogen) atoms. The molecule has 3 aliphatic rings. The van der Waals surface area contributed by atoms with Crippen molar-refractivity contribution in [3.05, 3.63) is 22.4 Å². The summed E-state index contributed by atoms with van der Waals surface area (Å²) in [7, 11) is -3.18. The predicted octanol–water partition coefficient (Wildman–Crippen LogP) is 1.16. The van der Waals surface area contributed by atoms with Crippen molar-refractivity contribution in [2.75, 3.05) is 32.4 Å². The quantitative estimate of drug-likeness (QED) is 0.679. The summed E-state index contributed by atoms with van der Waals surface area (Å²) in [5.74, 6) is 0.588. The van der Waals surface area contributed by atoms with Crippen molar-refractivity contribution in [3.8, 4) is 0 Å². The molecule has 0 spiro atoms. The summed E-state index contributed by atoms with van der Waals surface area (Å²) in [5.41, 5.74) is 0.457. The Kier molecular flexibility index (Phi) is 5.89. The molecule has 1 saturated carbocycles. The van der Waals surface area contributed by atoms with Crippen LogP contribution in [0.2, 0.25) is 0 Å². The lowest BCUT2D eigenvalue weighted by molar-refractivity contribution is 0.141. The molecule has 0 aromatic carbocycles. The number of nitrogens with zero attached hydrogens (tertiary/aromatic N) is 5. The highest BCUT2D eigenvalue weighted by molar-refractivity contribution is 7.88. The van der Waals surface area contributed by atoms with Gasteiger partial charge >= 0.3 is 6.03 Å². The monoisotopic (exact) mass is 477 g/mol. The molecular formula is C21H31N7O4S. The van der Waals surface area contributed by atoms with Gasteiger partial charge in [-0.15, -0.1) is 0 Å². The number of urea groups is 1. The van der Waals surface area contributed by atoms with Crippen LogP contribution in [0.25, 0.3) is 11.0 Å². The Morgan fingerprint density at radius 1 is 1.12 bits per heavy atom. The lowest BCUT2D eigenvalue weighted by atomic mass is 9.96. The minimum atomic E-state index is -3.18. The molecule has 0 atom stereocenters. The van der Waals surface area contributed by atoms with E-state index in [9.17, 15) is 18.0 Å². The van der Waals surface area contributed by atoms with Crippen molar-refractivity contribution in [3.63, 3.8) is 0 Å². The van der Waals surface area contributed by atoms with Crippen molar-refractivity contribution in [2.24, 2.45) is 0 Å². The van der Waals surface area contributed by atoms with Crippen LogP contribution in [-0.4, -0.2) is 81.9 Å². The van der Waals surface area contributed by atoms with Gasteiger partial charge < -0.3 is 15.2 Å². The zero-order valence-electron chi connectivity index (χ0n) is 18.9. The first-order chi connectivity index (χ1) is 15.8. The van der Waals surface area contributed by atoms with Gasteiger partial charge in [-0.2, -0.15) is 5.10 Å². The number of H-pyrrole nitrogens is 1. The smallest absolute Gasteiger partial charge is 0.317 e. The van der Waals surface area contributed by atoms with Crippen LogP contribution in [0, 0.1) is 0 Å². The summed E-state index contributed by atoms with van der Waals surface area (Å²) >= 11 is 0. The number of fused-ring (bicyclic) bond motifs is 1. The van der Waals surface area contributed by atoms with Gasteiger partial charge in [0, 0.05) is 32.2 Å². The van der Waals surface area contributed by atoms with E-state index in [-0.39, 0.29) is 29.6 Å². The van der Waals surface area contributed by atoms with Crippen LogP contribution in [0.1, 0.15) is 62.7 Å². The lowest BCUT2D eigenvalue weighted by Gasteiger charge is -2.40. The maximum absolute atomic E-state index is 12.6. The highest BCUT2D eigenvalue weighted by Crippen LogP contribution is 2.30. The van der Waals surface area contributed by atoms with Gasteiger partial charge in [0.25, 0.3) is 5.56 Å². The van der Waals surface area contributed by atoms with Crippen LogP contribution < -0.4 is 10.9 Å². The Hall–Kier alpha value is -2.47. The molecule has 4 heterocycles. The van der Waals surface area contributed by atoms with E-state index >= 15 is 0 Å². The number of amides is 2. The Bertz CT molecular complexity index is 1190. The highest BCUT2D eigenvalue weighted by atomic mass is 32.2. The van der Waals surface area contributed by atoms with Gasteiger partial charge in [-0.3, -0.25) is 4.79 Å². The molecule has 3 fully saturated rings. The number of aromatic nitrogens is 4. The number of nitrogens with one attached hydrogen (secondary N) is 2. The van der Waals surface area contributed by atoms with E-state index in [1.807, 2.05) is 4.68 Å². The fraction of sp³-hybridized carbons (Fsp3) is 0.714. The molecule has 0 radical (unpaired) electrons. The normalized spacial score (nSPS) is 21.9. The molecule has 2 aliphatic heterocycles. The molecule has 12 heteroatoms. The van der Waals surface area contributed by atoms with Crippen LogP contribution in [0.4, 0.5) is 4.79 Å². The number of carbonyl (C=O) groups is 1. The third-order valence-electron chi connectivity index (χ3n) is 7.21. The summed E-state index contributed by atoms with van der Waals surface area (Å²) in [4.78, 5) is 34.6. The van der Waals surface area contributed by atoms with Crippen LogP contribution >= 0.6 is 0 Å². The Morgan fingerprint density at radius 2 is 1.82 bits per heavy atom. The first-order valence-electron chi connectivity index (χ1n) is 11.8. The fourth-order valence-corrected chi connectivity index (χ4v) is 6.03. The second-order valence-corrected chi connectivity index (χ2v) is 11.5. The third kappa shape index (κ3) is 4.50. The molecule has 0 bridgehead atoms. The molecule has 2 N–H and O–H groups in total. The summed E-state index contributed by atoms with van der Waals surface area (Å²) in [6.45, 7) is 1.82. The molecule has 11 nitrogen and oxygen atoms in total. The first kappa shape index (κ1) is 22.3. The maximum atomic E-state index is 12.6. The molecular weight excluding hydrogens is 446 g/mol. The topological polar surface area (TPSA) is 133 Å². The number of aromatic amines is 1. The van der Waals surface area contributed by atoms with Crippen molar-refractivity contribution < 1.29 is 13.2 Å². The molecule has 0 unspecified atom stereocenters. The number of rotatable bonds is 4. The van der Waals surface area contributed by atoms with E-state index in [1.165, 1.54) is 29.8 Å². The number of hydrogen-bond acceptors (Lipinski definition) is 6. The Labute approximate surface area is 192 Å². The minimum absolute atomic E-state index is 0.0189. The van der Waals surface area contributed by atoms with E-state index in [2.05, 4.69) is 15.4 Å². The van der Waals surface area contributed by atoms with Gasteiger partial charge in [-0.25, -0.2) is 27.2 Å². The summed E-state index contributed by atoms with van der Waals surface area (Å²) in [6, 6.07) is 0.101. The minimum Gasteiger partial charge on any atom is -0.335 e. The highest BCUT2D eigenvalue weighted by Gasteiger charge is 2.35. The third-order valence-corrected chi connectivity index (χ3v) is 8.51. The molecule has 2 saturated heterocycles. The van der Waals surface area contributed by atoms with Crippen LogP contribution in [0.3, 0.4) is 0 Å². The van der Waals surface area contributed by atoms with Gasteiger partial charge in [0.15, 0.2) is 5.65 Å². The Morgan fingerprint density at radius 3 is 2.48 bits per heavy atom. The second-order valence-electron chi connectivity index (χ2n) is 9.56. The van der Waals surface area contributed by atoms with Crippen molar-refractivity contribution in [1.29, 1.82) is 0 Å². The number of carbonyl (C=O) groups excluding carboxylic acids is 1. The van der Waals surface area contributed by atoms with Gasteiger partial charge in [-0.1, -0.05) is 19.3 Å². The predicted molar refractivity (Wildman–Crippen MR) is 123 cm³/mol. The van der Waals surface area contributed by atoms with Crippen LogP contribution in [-0.2, 0) is 10.0 Å². The van der Waals surface area contributed by atoms with Crippen LogP contribution in [0.15, 0.2) is 11.0 Å². The van der Waals surface area contributed by atoms with Crippen LogP contribution in [0.5, 0.6) is 0 Å². The van der Waals surface area contributed by atoms with Crippen molar-refractivity contribution in [1.82, 2.24) is 34.3 Å². The number of piperidine rings is 1.